The minimum atomic E-state index is -1.01. The highest BCUT2D eigenvalue weighted by atomic mass is 32.2. The van der Waals surface area contributed by atoms with Gasteiger partial charge in [-0.2, -0.15) is 12.6 Å². The molecular formula is C5H10NO2S3-. The summed E-state index contributed by atoms with van der Waals surface area (Å²) in [7, 11) is 0. The van der Waals surface area contributed by atoms with Gasteiger partial charge in [0, 0.05) is 0 Å². The van der Waals surface area contributed by atoms with E-state index in [4.69, 9.17) is 5.11 Å². The Morgan fingerprint density at radius 3 is 2.00 bits per heavy atom. The van der Waals surface area contributed by atoms with E-state index in [1.807, 2.05) is 0 Å². The molecule has 0 saturated carbocycles. The first-order valence-electron chi connectivity index (χ1n) is 2.93. The minimum absolute atomic E-state index is 0.0532. The van der Waals surface area contributed by atoms with Gasteiger partial charge in [-0.3, -0.25) is 0 Å². The Morgan fingerprint density at radius 1 is 1.64 bits per heavy atom. The van der Waals surface area contributed by atoms with Crippen molar-refractivity contribution in [3.05, 3.63) is 0 Å². The molecule has 0 unspecified atom stereocenters. The SMILES string of the molecule is CC(C)(S)[C@@H](C(=O)O)[NH+]([S-])[S-]. The van der Waals surface area contributed by atoms with Gasteiger partial charge >= 0.3 is 5.97 Å². The fourth-order valence-electron chi connectivity index (χ4n) is 0.691. The molecule has 0 aliphatic heterocycles. The molecule has 0 fully saturated rings. The summed E-state index contributed by atoms with van der Waals surface area (Å²) in [6, 6.07) is -0.837. The maximum absolute atomic E-state index is 10.6. The van der Waals surface area contributed by atoms with Crippen molar-refractivity contribution in [2.24, 2.45) is 0 Å². The lowest BCUT2D eigenvalue weighted by molar-refractivity contribution is -0.618. The molecule has 6 heteroatoms. The number of quaternary nitrogens is 1. The number of thiol groups is 1. The number of carbonyl (C=O) groups is 1. The first-order valence-corrected chi connectivity index (χ1v) is 4.19. The van der Waals surface area contributed by atoms with Crippen LogP contribution in [0.1, 0.15) is 13.8 Å². The zero-order valence-corrected chi connectivity index (χ0v) is 8.72. The van der Waals surface area contributed by atoms with Crippen molar-refractivity contribution in [3.8, 4) is 0 Å². The molecule has 0 rings (SSSR count). The first kappa shape index (κ1) is 11.5. The van der Waals surface area contributed by atoms with E-state index in [0.717, 1.165) is 0 Å². The molecule has 66 valence electrons. The zero-order valence-electron chi connectivity index (χ0n) is 6.20. The first-order chi connectivity index (χ1) is 4.76. The monoisotopic (exact) mass is 212 g/mol. The van der Waals surface area contributed by atoms with Crippen molar-refractivity contribution >= 4 is 44.2 Å². The Hall–Kier alpha value is 0.480. The van der Waals surface area contributed by atoms with E-state index in [1.165, 1.54) is 0 Å². The molecule has 2 N–H and O–H groups in total. The zero-order chi connectivity index (χ0) is 9.23. The summed E-state index contributed by atoms with van der Waals surface area (Å²) < 4.78 is -0.637. The van der Waals surface area contributed by atoms with E-state index in [-0.39, 0.29) is 3.71 Å². The molecule has 0 spiro atoms. The van der Waals surface area contributed by atoms with Gasteiger partial charge in [0.1, 0.15) is 0 Å². The van der Waals surface area contributed by atoms with Crippen LogP contribution in [0.4, 0.5) is 0 Å². The van der Waals surface area contributed by atoms with Crippen molar-refractivity contribution in [1.82, 2.24) is 0 Å². The number of carboxylic acids is 1. The number of hydrogen-bond acceptors (Lipinski definition) is 4. The summed E-state index contributed by atoms with van der Waals surface area (Å²) in [5, 5.41) is 8.68. The number of carboxylic acid groups (broad SMARTS) is 1. The van der Waals surface area contributed by atoms with Gasteiger partial charge in [0.2, 0.25) is 0 Å². The molecule has 0 saturated heterocycles. The van der Waals surface area contributed by atoms with Crippen molar-refractivity contribution in [2.75, 3.05) is 0 Å². The lowest BCUT2D eigenvalue weighted by atomic mass is 10.1. The van der Waals surface area contributed by atoms with Crippen LogP contribution in [0.3, 0.4) is 0 Å². The van der Waals surface area contributed by atoms with Crippen molar-refractivity contribution in [3.63, 3.8) is 0 Å². The molecule has 1 atom stereocenters. The molecule has 0 aliphatic carbocycles. The smallest absolute Gasteiger partial charge is 0.361 e. The van der Waals surface area contributed by atoms with E-state index in [1.54, 1.807) is 13.8 Å². The van der Waals surface area contributed by atoms with E-state index < -0.39 is 16.8 Å². The quantitative estimate of drug-likeness (QED) is 0.413. The fraction of sp³-hybridized carbons (Fsp3) is 0.800. The van der Waals surface area contributed by atoms with Crippen LogP contribution in [0.5, 0.6) is 0 Å². The Kier molecular flexibility index (Phi) is 4.10. The van der Waals surface area contributed by atoms with Crippen LogP contribution >= 0.6 is 12.6 Å². The predicted molar refractivity (Wildman–Crippen MR) is 50.2 cm³/mol. The minimum Gasteiger partial charge on any atom is -0.547 e. The predicted octanol–water partition coefficient (Wildman–Crippen LogP) is -1.04. The van der Waals surface area contributed by atoms with Gasteiger partial charge in [-0.15, -0.1) is 0 Å². The Bertz CT molecular complexity index is 154. The van der Waals surface area contributed by atoms with Gasteiger partial charge in [0.15, 0.2) is 6.04 Å². The van der Waals surface area contributed by atoms with Crippen LogP contribution < -0.4 is 3.71 Å². The van der Waals surface area contributed by atoms with Crippen LogP contribution in [0.2, 0.25) is 0 Å². The average molecular weight is 212 g/mol. The molecule has 0 aromatic heterocycles. The van der Waals surface area contributed by atoms with Gasteiger partial charge in [0.25, 0.3) is 0 Å². The normalized spacial score (nSPS) is 15.1. The number of hydrogen-bond donors (Lipinski definition) is 3. The van der Waals surface area contributed by atoms with Crippen LogP contribution in [-0.4, -0.2) is 21.9 Å². The third-order valence-electron chi connectivity index (χ3n) is 1.19. The van der Waals surface area contributed by atoms with E-state index in [9.17, 15) is 4.79 Å². The van der Waals surface area contributed by atoms with Crippen molar-refractivity contribution in [2.45, 2.75) is 24.6 Å². The van der Waals surface area contributed by atoms with Crippen LogP contribution in [0.15, 0.2) is 0 Å². The largest absolute Gasteiger partial charge is 0.547 e. The maximum Gasteiger partial charge on any atom is 0.361 e. The molecular weight excluding hydrogens is 202 g/mol. The summed E-state index contributed by atoms with van der Waals surface area (Å²) in [6.45, 7) is 3.35. The third-order valence-corrected chi connectivity index (χ3v) is 1.92. The molecule has 0 aromatic rings. The van der Waals surface area contributed by atoms with E-state index in [0.29, 0.717) is 0 Å². The Balaban J connectivity index is 4.49. The van der Waals surface area contributed by atoms with Gasteiger partial charge in [0.05, 0.1) is 4.75 Å². The summed E-state index contributed by atoms with van der Waals surface area (Å²) in [6.07, 6.45) is 0. The number of aliphatic carboxylic acids is 1. The van der Waals surface area contributed by atoms with Crippen LogP contribution in [0.25, 0.3) is 0 Å². The van der Waals surface area contributed by atoms with Gasteiger partial charge in [-0.1, -0.05) is 0 Å². The van der Waals surface area contributed by atoms with Crippen LogP contribution in [-0.2, 0) is 30.4 Å². The highest BCUT2D eigenvalue weighted by Gasteiger charge is 2.33. The summed E-state index contributed by atoms with van der Waals surface area (Å²) >= 11 is 13.3. The molecule has 3 nitrogen and oxygen atoms in total. The molecule has 0 radical (unpaired) electrons. The van der Waals surface area contributed by atoms with E-state index in [2.05, 4.69) is 38.3 Å². The second kappa shape index (κ2) is 3.93. The maximum atomic E-state index is 10.6. The Labute approximate surface area is 82.7 Å². The van der Waals surface area contributed by atoms with Gasteiger partial charge in [-0.25, -0.2) is 4.79 Å². The highest BCUT2D eigenvalue weighted by Crippen LogP contribution is 2.15. The highest BCUT2D eigenvalue weighted by molar-refractivity contribution is 7.81. The standard InChI is InChI=1S/C5H10NO2S3/c1-5(2,9)3(4(7)8)6(10)11/h3,6,9H,1-2H3,(H,7,8)/q-1/t3-/m1/s1. The molecule has 11 heavy (non-hydrogen) atoms. The lowest BCUT2D eigenvalue weighted by Gasteiger charge is -2.41. The second-order valence-electron chi connectivity index (χ2n) is 2.74. The molecule has 0 aliphatic rings. The fourth-order valence-corrected chi connectivity index (χ4v) is 1.90. The average Bonchev–Trinajstić information content (AvgIpc) is 1.54. The van der Waals surface area contributed by atoms with Gasteiger partial charge in [-0.05, 0) is 13.8 Å². The van der Waals surface area contributed by atoms with Gasteiger partial charge < -0.3 is 34.4 Å². The number of rotatable bonds is 3. The molecule has 0 aromatic carbocycles. The van der Waals surface area contributed by atoms with Crippen LogP contribution in [0, 0.1) is 0 Å². The Morgan fingerprint density at radius 2 is 2.00 bits per heavy atom. The third kappa shape index (κ3) is 3.59. The van der Waals surface area contributed by atoms with E-state index >= 15 is 0 Å². The van der Waals surface area contributed by atoms with Crippen molar-refractivity contribution < 1.29 is 13.6 Å². The molecule has 0 amide bonds. The van der Waals surface area contributed by atoms with Crippen molar-refractivity contribution in [1.29, 1.82) is 0 Å². The molecule has 0 heterocycles. The second-order valence-corrected chi connectivity index (χ2v) is 5.03. The summed E-state index contributed by atoms with van der Waals surface area (Å²) in [4.78, 5) is 10.6. The lowest BCUT2D eigenvalue weighted by Crippen LogP contribution is -3.10. The number of nitrogens with one attached hydrogen (secondary N) is 1. The molecule has 0 bridgehead atoms. The summed E-state index contributed by atoms with van der Waals surface area (Å²) in [5.41, 5.74) is 0. The topological polar surface area (TPSA) is 41.7 Å². The summed E-state index contributed by atoms with van der Waals surface area (Å²) in [5.74, 6) is -1.01.